The lowest BCUT2D eigenvalue weighted by Crippen LogP contribution is -2.28. The first-order chi connectivity index (χ1) is 13.6. The fourth-order valence-corrected chi connectivity index (χ4v) is 2.64. The molecule has 0 unspecified atom stereocenters. The number of phenolic OH excluding ortho intramolecular Hbond substituents is 1. The molecule has 0 fully saturated rings. The van der Waals surface area contributed by atoms with Crippen molar-refractivity contribution in [3.63, 3.8) is 0 Å². The van der Waals surface area contributed by atoms with Crippen LogP contribution in [0.4, 0.5) is 14.9 Å². The predicted octanol–water partition coefficient (Wildman–Crippen LogP) is 4.22. The second-order valence-corrected chi connectivity index (χ2v) is 7.12. The average Bonchev–Trinajstić information content (AvgIpc) is 2.68. The first-order valence-electron chi connectivity index (χ1n) is 8.78. The molecule has 0 saturated carbocycles. The Balaban J connectivity index is 2.31. The number of hydroxylamine groups is 1. The molecule has 2 aromatic carbocycles. The number of benzene rings is 2. The maximum absolute atomic E-state index is 13.9. The zero-order valence-electron chi connectivity index (χ0n) is 16.3. The molecule has 29 heavy (non-hydrogen) atoms. The van der Waals surface area contributed by atoms with Crippen molar-refractivity contribution >= 4 is 17.7 Å². The van der Waals surface area contributed by atoms with Gasteiger partial charge in [0.05, 0.1) is 0 Å². The molecule has 2 aromatic rings. The number of hydrogen-bond donors (Lipinski definition) is 4. The highest BCUT2D eigenvalue weighted by atomic mass is 19.1. The van der Waals surface area contributed by atoms with Crippen molar-refractivity contribution in [2.75, 3.05) is 5.32 Å². The number of carbonyl (C=O) groups is 2. The van der Waals surface area contributed by atoms with Gasteiger partial charge >= 0.3 is 6.09 Å². The molecule has 0 radical (unpaired) electrons. The van der Waals surface area contributed by atoms with Crippen LogP contribution in [0.2, 0.25) is 0 Å². The standard InChI is InChI=1S/C21H23FN2O5/c1-13-4-7-15(8-5-13)23-20(27)29-19(14-6-9-17(25)16(22)12-14)21(2,3)11-10-18(26)24-28/h4-12,19,25,28H,1-3H3,(H,23,27)(H,24,26)/b11-10+/t19-/m1/s1. The van der Waals surface area contributed by atoms with Crippen molar-refractivity contribution in [2.24, 2.45) is 5.41 Å². The zero-order chi connectivity index (χ0) is 21.6. The van der Waals surface area contributed by atoms with Gasteiger partial charge in [0.25, 0.3) is 5.91 Å². The van der Waals surface area contributed by atoms with Crippen LogP contribution in [-0.4, -0.2) is 22.3 Å². The number of amides is 2. The summed E-state index contributed by atoms with van der Waals surface area (Å²) in [6.07, 6.45) is 0.712. The predicted molar refractivity (Wildman–Crippen MR) is 105 cm³/mol. The van der Waals surface area contributed by atoms with Gasteiger partial charge in [0.15, 0.2) is 11.6 Å². The lowest BCUT2D eigenvalue weighted by molar-refractivity contribution is -0.124. The molecule has 1 atom stereocenters. The molecule has 8 heteroatoms. The van der Waals surface area contributed by atoms with E-state index in [2.05, 4.69) is 5.32 Å². The summed E-state index contributed by atoms with van der Waals surface area (Å²) < 4.78 is 19.4. The number of aryl methyl sites for hydroxylation is 1. The van der Waals surface area contributed by atoms with Gasteiger partial charge in [-0.3, -0.25) is 15.3 Å². The molecule has 2 rings (SSSR count). The molecule has 0 aliphatic carbocycles. The molecular formula is C21H23FN2O5. The number of ether oxygens (including phenoxy) is 1. The van der Waals surface area contributed by atoms with E-state index in [0.717, 1.165) is 23.8 Å². The summed E-state index contributed by atoms with van der Waals surface area (Å²) >= 11 is 0. The van der Waals surface area contributed by atoms with Crippen molar-refractivity contribution < 1.29 is 29.0 Å². The van der Waals surface area contributed by atoms with Gasteiger partial charge in [0, 0.05) is 17.2 Å². The van der Waals surface area contributed by atoms with Crippen molar-refractivity contribution in [3.8, 4) is 5.75 Å². The third-order valence-electron chi connectivity index (χ3n) is 4.25. The summed E-state index contributed by atoms with van der Waals surface area (Å²) in [6, 6.07) is 10.7. The fraction of sp³-hybridized carbons (Fsp3) is 0.238. The van der Waals surface area contributed by atoms with E-state index in [4.69, 9.17) is 9.94 Å². The maximum Gasteiger partial charge on any atom is 0.412 e. The van der Waals surface area contributed by atoms with Crippen LogP contribution >= 0.6 is 0 Å². The minimum absolute atomic E-state index is 0.276. The Morgan fingerprint density at radius 3 is 2.41 bits per heavy atom. The van der Waals surface area contributed by atoms with Crippen LogP contribution in [0.5, 0.6) is 5.75 Å². The molecule has 2 amide bonds. The normalized spacial score (nSPS) is 12.4. The molecule has 4 N–H and O–H groups in total. The van der Waals surface area contributed by atoms with Gasteiger partial charge in [0.2, 0.25) is 0 Å². The number of hydrogen-bond acceptors (Lipinski definition) is 5. The Labute approximate surface area is 167 Å². The van der Waals surface area contributed by atoms with Crippen LogP contribution in [0.3, 0.4) is 0 Å². The van der Waals surface area contributed by atoms with Gasteiger partial charge in [-0.1, -0.05) is 43.7 Å². The van der Waals surface area contributed by atoms with E-state index in [1.54, 1.807) is 26.0 Å². The van der Waals surface area contributed by atoms with E-state index in [1.165, 1.54) is 17.6 Å². The second kappa shape index (κ2) is 9.20. The molecule has 7 nitrogen and oxygen atoms in total. The Morgan fingerprint density at radius 1 is 1.17 bits per heavy atom. The highest BCUT2D eigenvalue weighted by Gasteiger charge is 2.33. The van der Waals surface area contributed by atoms with Crippen LogP contribution in [-0.2, 0) is 9.53 Å². The Kier molecular flexibility index (Phi) is 6.95. The zero-order valence-corrected chi connectivity index (χ0v) is 16.3. The largest absolute Gasteiger partial charge is 0.505 e. The smallest absolute Gasteiger partial charge is 0.412 e. The van der Waals surface area contributed by atoms with Crippen LogP contribution in [0.15, 0.2) is 54.6 Å². The Bertz CT molecular complexity index is 910. The van der Waals surface area contributed by atoms with E-state index >= 15 is 0 Å². The first kappa shape index (κ1) is 21.9. The van der Waals surface area contributed by atoms with Crippen LogP contribution in [0, 0.1) is 18.2 Å². The minimum Gasteiger partial charge on any atom is -0.505 e. The van der Waals surface area contributed by atoms with Crippen molar-refractivity contribution in [1.29, 1.82) is 0 Å². The Morgan fingerprint density at radius 2 is 1.83 bits per heavy atom. The van der Waals surface area contributed by atoms with E-state index in [9.17, 15) is 19.1 Å². The molecule has 0 heterocycles. The number of aromatic hydroxyl groups is 1. The SMILES string of the molecule is Cc1ccc(NC(=O)O[C@H](c2ccc(O)c(F)c2)C(C)(C)/C=C/C(=O)NO)cc1. The fourth-order valence-electron chi connectivity index (χ4n) is 2.64. The highest BCUT2D eigenvalue weighted by molar-refractivity contribution is 5.86. The number of phenols is 1. The lowest BCUT2D eigenvalue weighted by atomic mass is 9.82. The van der Waals surface area contributed by atoms with Gasteiger partial charge in [0.1, 0.15) is 6.10 Å². The van der Waals surface area contributed by atoms with Crippen molar-refractivity contribution in [3.05, 3.63) is 71.6 Å². The van der Waals surface area contributed by atoms with Gasteiger partial charge < -0.3 is 9.84 Å². The van der Waals surface area contributed by atoms with Crippen LogP contribution < -0.4 is 10.8 Å². The number of halogens is 1. The van der Waals surface area contributed by atoms with Crippen molar-refractivity contribution in [1.82, 2.24) is 5.48 Å². The Hall–Kier alpha value is -3.39. The first-order valence-corrected chi connectivity index (χ1v) is 8.78. The quantitative estimate of drug-likeness (QED) is 0.329. The lowest BCUT2D eigenvalue weighted by Gasteiger charge is -2.31. The number of carbonyl (C=O) groups excluding carboxylic acids is 2. The molecule has 0 aliphatic heterocycles. The number of anilines is 1. The third-order valence-corrected chi connectivity index (χ3v) is 4.25. The minimum atomic E-state index is -1.01. The van der Waals surface area contributed by atoms with E-state index in [0.29, 0.717) is 5.69 Å². The van der Waals surface area contributed by atoms with E-state index in [1.807, 2.05) is 19.1 Å². The summed E-state index contributed by atoms with van der Waals surface area (Å²) in [4.78, 5) is 23.8. The molecule has 0 aromatic heterocycles. The summed E-state index contributed by atoms with van der Waals surface area (Å²) in [5.41, 5.74) is 2.32. The monoisotopic (exact) mass is 402 g/mol. The van der Waals surface area contributed by atoms with Gasteiger partial charge in [-0.05, 0) is 36.8 Å². The van der Waals surface area contributed by atoms with Crippen LogP contribution in [0.25, 0.3) is 0 Å². The molecule has 0 saturated heterocycles. The maximum atomic E-state index is 13.9. The third kappa shape index (κ3) is 6.05. The highest BCUT2D eigenvalue weighted by Crippen LogP contribution is 2.39. The molecule has 0 bridgehead atoms. The average molecular weight is 402 g/mol. The van der Waals surface area contributed by atoms with E-state index < -0.39 is 35.1 Å². The molecule has 154 valence electrons. The number of nitrogens with one attached hydrogen (secondary N) is 2. The molecular weight excluding hydrogens is 379 g/mol. The topological polar surface area (TPSA) is 108 Å². The van der Waals surface area contributed by atoms with Crippen molar-refractivity contribution in [2.45, 2.75) is 26.9 Å². The number of rotatable bonds is 6. The molecule has 0 spiro atoms. The van der Waals surface area contributed by atoms with Gasteiger partial charge in [-0.2, -0.15) is 0 Å². The van der Waals surface area contributed by atoms with Gasteiger partial charge in [-0.15, -0.1) is 0 Å². The molecule has 0 aliphatic rings. The van der Waals surface area contributed by atoms with E-state index in [-0.39, 0.29) is 5.56 Å². The summed E-state index contributed by atoms with van der Waals surface area (Å²) in [5.74, 6) is -2.18. The van der Waals surface area contributed by atoms with Crippen LogP contribution in [0.1, 0.15) is 31.1 Å². The second-order valence-electron chi connectivity index (χ2n) is 7.12. The summed E-state index contributed by atoms with van der Waals surface area (Å²) in [5, 5.41) is 20.7. The van der Waals surface area contributed by atoms with Gasteiger partial charge in [-0.25, -0.2) is 14.7 Å². The summed E-state index contributed by atoms with van der Waals surface area (Å²) in [6.45, 7) is 5.25. The summed E-state index contributed by atoms with van der Waals surface area (Å²) in [7, 11) is 0.